The van der Waals surface area contributed by atoms with Gasteiger partial charge in [0.25, 0.3) is 0 Å². The van der Waals surface area contributed by atoms with Gasteiger partial charge in [0.05, 0.1) is 12.2 Å². The Balaban J connectivity index is 2.13. The first-order chi connectivity index (χ1) is 8.90. The molecule has 0 bridgehead atoms. The molecule has 1 saturated heterocycles. The molecule has 4 unspecified atom stereocenters. The lowest BCUT2D eigenvalue weighted by Gasteiger charge is -2.17. The van der Waals surface area contributed by atoms with Gasteiger partial charge in [-0.2, -0.15) is 0 Å². The van der Waals surface area contributed by atoms with Gasteiger partial charge in [0, 0.05) is 17.4 Å². The lowest BCUT2D eigenvalue weighted by atomic mass is 9.84. The van der Waals surface area contributed by atoms with E-state index in [2.05, 4.69) is 6.92 Å². The van der Waals surface area contributed by atoms with Gasteiger partial charge < -0.3 is 4.74 Å². The number of carbonyl (C=O) groups excluding carboxylic acids is 1. The quantitative estimate of drug-likeness (QED) is 0.841. The molecule has 0 spiro atoms. The van der Waals surface area contributed by atoms with Gasteiger partial charge in [0.2, 0.25) is 0 Å². The maximum absolute atomic E-state index is 12.5. The molecule has 0 N–H and O–H groups in total. The summed E-state index contributed by atoms with van der Waals surface area (Å²) in [6.07, 6.45) is 0.549. The Morgan fingerprint density at radius 2 is 1.95 bits per heavy atom. The molecular formula is C16H21ClO2. The summed E-state index contributed by atoms with van der Waals surface area (Å²) in [5.41, 5.74) is 2.02. The van der Waals surface area contributed by atoms with Crippen LogP contribution in [-0.2, 0) is 16.0 Å². The second-order valence-electron chi connectivity index (χ2n) is 5.67. The van der Waals surface area contributed by atoms with Crippen LogP contribution in [0, 0.1) is 18.8 Å². The van der Waals surface area contributed by atoms with Crippen molar-refractivity contribution in [1.29, 1.82) is 0 Å². The van der Waals surface area contributed by atoms with Crippen molar-refractivity contribution in [2.45, 2.75) is 46.3 Å². The first kappa shape index (κ1) is 14.5. The second kappa shape index (κ2) is 5.64. The molecule has 3 heteroatoms. The van der Waals surface area contributed by atoms with E-state index in [0.29, 0.717) is 11.4 Å². The number of ketones is 1. The highest BCUT2D eigenvalue weighted by Gasteiger charge is 2.41. The van der Waals surface area contributed by atoms with Crippen LogP contribution in [0.25, 0.3) is 0 Å². The fraction of sp³-hybridized carbons (Fsp3) is 0.562. The minimum atomic E-state index is -0.0210. The van der Waals surface area contributed by atoms with E-state index in [4.69, 9.17) is 16.3 Å². The van der Waals surface area contributed by atoms with Crippen molar-refractivity contribution in [3.63, 3.8) is 0 Å². The molecule has 4 atom stereocenters. The molecule has 1 fully saturated rings. The standard InChI is InChI=1S/C16H21ClO2/c1-9-5-6-13(14(17)7-9)8-15(18)16-10(2)11(3)19-12(16)4/h5-7,10-12,16H,8H2,1-4H3. The first-order valence-electron chi connectivity index (χ1n) is 6.83. The van der Waals surface area contributed by atoms with E-state index >= 15 is 0 Å². The number of Topliss-reactive ketones (excluding diaryl/α,β-unsaturated/α-hetero) is 1. The van der Waals surface area contributed by atoms with E-state index in [0.717, 1.165) is 11.1 Å². The van der Waals surface area contributed by atoms with Crippen LogP contribution in [0.2, 0.25) is 5.02 Å². The molecule has 1 aliphatic rings. The highest BCUT2D eigenvalue weighted by Crippen LogP contribution is 2.34. The Morgan fingerprint density at radius 3 is 2.47 bits per heavy atom. The predicted octanol–water partition coefficient (Wildman–Crippen LogP) is 3.82. The Kier molecular flexibility index (Phi) is 4.32. The topological polar surface area (TPSA) is 26.3 Å². The molecule has 0 radical (unpaired) electrons. The number of benzene rings is 1. The third-order valence-electron chi connectivity index (χ3n) is 4.19. The van der Waals surface area contributed by atoms with Crippen LogP contribution < -0.4 is 0 Å². The molecule has 1 aliphatic heterocycles. The number of hydrogen-bond donors (Lipinski definition) is 0. The van der Waals surface area contributed by atoms with Crippen LogP contribution in [0.5, 0.6) is 0 Å². The molecular weight excluding hydrogens is 260 g/mol. The van der Waals surface area contributed by atoms with Crippen molar-refractivity contribution < 1.29 is 9.53 Å². The van der Waals surface area contributed by atoms with Crippen molar-refractivity contribution in [3.8, 4) is 0 Å². The van der Waals surface area contributed by atoms with Gasteiger partial charge in [-0.25, -0.2) is 0 Å². The summed E-state index contributed by atoms with van der Waals surface area (Å²) in [5, 5.41) is 0.681. The zero-order valence-corrected chi connectivity index (χ0v) is 12.7. The molecule has 0 aromatic heterocycles. The van der Waals surface area contributed by atoms with E-state index in [-0.39, 0.29) is 29.8 Å². The normalized spacial score (nSPS) is 30.6. The molecule has 1 aromatic carbocycles. The highest BCUT2D eigenvalue weighted by molar-refractivity contribution is 6.31. The summed E-state index contributed by atoms with van der Waals surface area (Å²) in [4.78, 5) is 12.5. The van der Waals surface area contributed by atoms with E-state index in [1.165, 1.54) is 0 Å². The fourth-order valence-electron chi connectivity index (χ4n) is 2.92. The highest BCUT2D eigenvalue weighted by atomic mass is 35.5. The molecule has 0 aliphatic carbocycles. The van der Waals surface area contributed by atoms with Crippen LogP contribution in [-0.4, -0.2) is 18.0 Å². The van der Waals surface area contributed by atoms with Crippen molar-refractivity contribution >= 4 is 17.4 Å². The molecule has 0 amide bonds. The van der Waals surface area contributed by atoms with E-state index in [9.17, 15) is 4.79 Å². The molecule has 104 valence electrons. The Morgan fingerprint density at radius 1 is 1.26 bits per heavy atom. The minimum Gasteiger partial charge on any atom is -0.375 e. The molecule has 1 heterocycles. The third kappa shape index (κ3) is 3.01. The van der Waals surface area contributed by atoms with Crippen LogP contribution >= 0.6 is 11.6 Å². The maximum Gasteiger partial charge on any atom is 0.143 e. The van der Waals surface area contributed by atoms with Crippen molar-refractivity contribution in [3.05, 3.63) is 34.3 Å². The smallest absolute Gasteiger partial charge is 0.143 e. The van der Waals surface area contributed by atoms with E-state index < -0.39 is 0 Å². The van der Waals surface area contributed by atoms with Gasteiger partial charge in [0.1, 0.15) is 5.78 Å². The van der Waals surface area contributed by atoms with Crippen molar-refractivity contribution in [2.24, 2.45) is 11.8 Å². The van der Waals surface area contributed by atoms with E-state index in [1.807, 2.05) is 39.0 Å². The van der Waals surface area contributed by atoms with Gasteiger partial charge >= 0.3 is 0 Å². The van der Waals surface area contributed by atoms with Gasteiger partial charge in [-0.3, -0.25) is 4.79 Å². The summed E-state index contributed by atoms with van der Waals surface area (Å²) in [6.45, 7) is 8.11. The summed E-state index contributed by atoms with van der Waals surface area (Å²) in [7, 11) is 0. The molecule has 19 heavy (non-hydrogen) atoms. The van der Waals surface area contributed by atoms with E-state index in [1.54, 1.807) is 0 Å². The molecule has 2 rings (SSSR count). The van der Waals surface area contributed by atoms with Crippen LogP contribution in [0.3, 0.4) is 0 Å². The SMILES string of the molecule is Cc1ccc(CC(=O)C2C(C)OC(C)C2C)c(Cl)c1. The maximum atomic E-state index is 12.5. The summed E-state index contributed by atoms with van der Waals surface area (Å²) < 4.78 is 5.74. The first-order valence-corrected chi connectivity index (χ1v) is 7.21. The average Bonchev–Trinajstić information content (AvgIpc) is 2.57. The van der Waals surface area contributed by atoms with Crippen molar-refractivity contribution in [2.75, 3.05) is 0 Å². The second-order valence-corrected chi connectivity index (χ2v) is 6.08. The number of halogens is 1. The van der Waals surface area contributed by atoms with Crippen LogP contribution in [0.1, 0.15) is 31.9 Å². The monoisotopic (exact) mass is 280 g/mol. The molecule has 0 saturated carbocycles. The largest absolute Gasteiger partial charge is 0.375 e. The number of aryl methyl sites for hydroxylation is 1. The fourth-order valence-corrected chi connectivity index (χ4v) is 3.22. The van der Waals surface area contributed by atoms with Crippen LogP contribution in [0.4, 0.5) is 0 Å². The summed E-state index contributed by atoms with van der Waals surface area (Å²) >= 11 is 6.20. The number of rotatable bonds is 3. The van der Waals surface area contributed by atoms with Crippen molar-refractivity contribution in [1.82, 2.24) is 0 Å². The predicted molar refractivity (Wildman–Crippen MR) is 77.6 cm³/mol. The summed E-state index contributed by atoms with van der Waals surface area (Å²) in [6, 6.07) is 5.85. The molecule has 1 aromatic rings. The Hall–Kier alpha value is -0.860. The third-order valence-corrected chi connectivity index (χ3v) is 4.54. The minimum absolute atomic E-state index is 0.00160. The zero-order valence-electron chi connectivity index (χ0n) is 11.9. The molecule has 2 nitrogen and oxygen atoms in total. The summed E-state index contributed by atoms with van der Waals surface area (Å²) in [5.74, 6) is 0.481. The number of hydrogen-bond acceptors (Lipinski definition) is 2. The van der Waals surface area contributed by atoms with Gasteiger partial charge in [-0.15, -0.1) is 0 Å². The number of ether oxygens (including phenoxy) is 1. The van der Waals surface area contributed by atoms with Gasteiger partial charge in [-0.05, 0) is 43.9 Å². The van der Waals surface area contributed by atoms with Gasteiger partial charge in [-0.1, -0.05) is 30.7 Å². The lowest BCUT2D eigenvalue weighted by molar-refractivity contribution is -0.124. The average molecular weight is 281 g/mol. The Labute approximate surface area is 120 Å². The zero-order chi connectivity index (χ0) is 14.2. The van der Waals surface area contributed by atoms with Crippen LogP contribution in [0.15, 0.2) is 18.2 Å². The lowest BCUT2D eigenvalue weighted by Crippen LogP contribution is -2.28. The Bertz CT molecular complexity index is 484. The number of carbonyl (C=O) groups is 1. The van der Waals surface area contributed by atoms with Gasteiger partial charge in [0.15, 0.2) is 0 Å².